The van der Waals surface area contributed by atoms with Crippen molar-refractivity contribution in [3.63, 3.8) is 0 Å². The van der Waals surface area contributed by atoms with Crippen LogP contribution in [0.2, 0.25) is 0 Å². The predicted molar refractivity (Wildman–Crippen MR) is 79.6 cm³/mol. The highest BCUT2D eigenvalue weighted by Gasteiger charge is 2.34. The maximum Gasteiger partial charge on any atom is 0.0812 e. The lowest BCUT2D eigenvalue weighted by molar-refractivity contribution is 0.0978. The molecule has 1 aliphatic carbocycles. The second kappa shape index (κ2) is 4.50. The Balaban J connectivity index is 2.01. The number of hydrogen-bond donors (Lipinski definition) is 1. The first kappa shape index (κ1) is 12.9. The van der Waals surface area contributed by atoms with Crippen LogP contribution in [0.3, 0.4) is 0 Å². The lowest BCUT2D eigenvalue weighted by Crippen LogP contribution is -2.27. The number of nitrogens with zero attached hydrogens (tertiary/aromatic N) is 1. The fourth-order valence-corrected chi connectivity index (χ4v) is 3.96. The number of hydrogen-bond acceptors (Lipinski definition) is 2. The van der Waals surface area contributed by atoms with Crippen molar-refractivity contribution in [1.29, 1.82) is 0 Å². The summed E-state index contributed by atoms with van der Waals surface area (Å²) in [4.78, 5) is 1.37. The van der Waals surface area contributed by atoms with E-state index in [1.807, 2.05) is 0 Å². The zero-order chi connectivity index (χ0) is 13.6. The van der Waals surface area contributed by atoms with Gasteiger partial charge in [0.25, 0.3) is 0 Å². The predicted octanol–water partition coefficient (Wildman–Crippen LogP) is 4.16. The normalized spacial score (nSPS) is 23.1. The summed E-state index contributed by atoms with van der Waals surface area (Å²) in [6.07, 6.45) is 3.73. The molecule has 0 saturated heterocycles. The molecule has 3 rings (SSSR count). The van der Waals surface area contributed by atoms with Gasteiger partial charge in [-0.05, 0) is 42.7 Å². The summed E-state index contributed by atoms with van der Waals surface area (Å²) in [7, 11) is 0. The lowest BCUT2D eigenvalue weighted by atomic mass is 9.75. The molecule has 2 nitrogen and oxygen atoms in total. The van der Waals surface area contributed by atoms with Crippen LogP contribution in [0.25, 0.3) is 0 Å². The summed E-state index contributed by atoms with van der Waals surface area (Å²) in [6.45, 7) is 6.72. The van der Waals surface area contributed by atoms with Crippen LogP contribution in [0.1, 0.15) is 55.5 Å². The Morgan fingerprint density at radius 3 is 2.89 bits per heavy atom. The standard InChI is InChI=1S/C16H21NOS/c1-11(15-5-4-8-19-15)17-7-6-12-13(17)9-16(2,3)10-14(12)18/h4-8,11,14,18H,9-10H2,1-3H3. The lowest BCUT2D eigenvalue weighted by Gasteiger charge is -2.34. The molecule has 3 heteroatoms. The second-order valence-electron chi connectivity index (χ2n) is 6.38. The topological polar surface area (TPSA) is 25.2 Å². The van der Waals surface area contributed by atoms with Gasteiger partial charge in [0, 0.05) is 22.3 Å². The molecule has 1 N–H and O–H groups in total. The van der Waals surface area contributed by atoms with Gasteiger partial charge in [0.1, 0.15) is 0 Å². The van der Waals surface area contributed by atoms with Crippen molar-refractivity contribution >= 4 is 11.3 Å². The molecule has 0 aliphatic heterocycles. The van der Waals surface area contributed by atoms with Crippen LogP contribution in [0.4, 0.5) is 0 Å². The van der Waals surface area contributed by atoms with Crippen molar-refractivity contribution in [2.24, 2.45) is 5.41 Å². The highest BCUT2D eigenvalue weighted by atomic mass is 32.1. The number of aliphatic hydroxyl groups excluding tert-OH is 1. The number of fused-ring (bicyclic) bond motifs is 1. The first-order valence-corrected chi connectivity index (χ1v) is 7.77. The molecule has 2 aromatic heterocycles. The molecule has 102 valence electrons. The highest BCUT2D eigenvalue weighted by Crippen LogP contribution is 2.42. The molecule has 2 aromatic rings. The first-order chi connectivity index (χ1) is 8.98. The van der Waals surface area contributed by atoms with Gasteiger partial charge in [0.05, 0.1) is 12.1 Å². The average Bonchev–Trinajstić information content (AvgIpc) is 2.94. The van der Waals surface area contributed by atoms with Crippen molar-refractivity contribution in [2.45, 2.75) is 45.8 Å². The summed E-state index contributed by atoms with van der Waals surface area (Å²) in [5, 5.41) is 12.4. The summed E-state index contributed by atoms with van der Waals surface area (Å²) >= 11 is 1.80. The van der Waals surface area contributed by atoms with Crippen molar-refractivity contribution in [3.8, 4) is 0 Å². The smallest absolute Gasteiger partial charge is 0.0812 e. The molecule has 0 fully saturated rings. The third-order valence-corrected chi connectivity index (χ3v) is 5.23. The van der Waals surface area contributed by atoms with E-state index in [2.05, 4.69) is 55.1 Å². The molecule has 0 spiro atoms. The monoisotopic (exact) mass is 275 g/mol. The van der Waals surface area contributed by atoms with Gasteiger partial charge in [-0.25, -0.2) is 0 Å². The van der Waals surface area contributed by atoms with Gasteiger partial charge in [-0.15, -0.1) is 11.3 Å². The largest absolute Gasteiger partial charge is 0.388 e. The molecule has 19 heavy (non-hydrogen) atoms. The third kappa shape index (κ3) is 2.26. The fourth-order valence-electron chi connectivity index (χ4n) is 3.18. The van der Waals surface area contributed by atoms with Crippen LogP contribution >= 0.6 is 11.3 Å². The third-order valence-electron chi connectivity index (χ3n) is 4.18. The maximum atomic E-state index is 10.3. The van der Waals surface area contributed by atoms with Crippen molar-refractivity contribution in [3.05, 3.63) is 45.9 Å². The Bertz CT molecular complexity index is 568. The molecule has 2 unspecified atom stereocenters. The Kier molecular flexibility index (Phi) is 3.06. The van der Waals surface area contributed by atoms with E-state index in [1.165, 1.54) is 10.6 Å². The maximum absolute atomic E-state index is 10.3. The quantitative estimate of drug-likeness (QED) is 0.874. The molecule has 2 atom stereocenters. The molecule has 0 bridgehead atoms. The van der Waals surface area contributed by atoms with Gasteiger partial charge >= 0.3 is 0 Å². The number of thiophene rings is 1. The Hall–Kier alpha value is -1.06. The molecule has 1 aliphatic rings. The van der Waals surface area contributed by atoms with Gasteiger partial charge < -0.3 is 9.67 Å². The summed E-state index contributed by atoms with van der Waals surface area (Å²) in [5.74, 6) is 0. The molecule has 2 heterocycles. The summed E-state index contributed by atoms with van der Waals surface area (Å²) < 4.78 is 2.34. The zero-order valence-corrected chi connectivity index (χ0v) is 12.6. The molecule has 0 saturated carbocycles. The van der Waals surface area contributed by atoms with Crippen LogP contribution in [0.5, 0.6) is 0 Å². The van der Waals surface area contributed by atoms with E-state index in [0.717, 1.165) is 18.4 Å². The van der Waals surface area contributed by atoms with E-state index in [0.29, 0.717) is 6.04 Å². The van der Waals surface area contributed by atoms with Gasteiger partial charge in [-0.3, -0.25) is 0 Å². The molecule has 0 aromatic carbocycles. The van der Waals surface area contributed by atoms with Crippen molar-refractivity contribution in [2.75, 3.05) is 0 Å². The average molecular weight is 275 g/mol. The molecular weight excluding hydrogens is 254 g/mol. The van der Waals surface area contributed by atoms with Gasteiger partial charge in [0.2, 0.25) is 0 Å². The van der Waals surface area contributed by atoms with Crippen LogP contribution in [-0.4, -0.2) is 9.67 Å². The minimum atomic E-state index is -0.310. The fraction of sp³-hybridized carbons (Fsp3) is 0.500. The molecular formula is C16H21NOS. The molecule has 0 radical (unpaired) electrons. The summed E-state index contributed by atoms with van der Waals surface area (Å²) in [6, 6.07) is 6.74. The van der Waals surface area contributed by atoms with Crippen LogP contribution in [-0.2, 0) is 6.42 Å². The van der Waals surface area contributed by atoms with Gasteiger partial charge in [-0.2, -0.15) is 0 Å². The first-order valence-electron chi connectivity index (χ1n) is 6.89. The second-order valence-corrected chi connectivity index (χ2v) is 7.36. The number of rotatable bonds is 2. The zero-order valence-electron chi connectivity index (χ0n) is 11.8. The number of aromatic nitrogens is 1. The van der Waals surface area contributed by atoms with E-state index in [9.17, 15) is 5.11 Å². The number of aliphatic hydroxyl groups is 1. The highest BCUT2D eigenvalue weighted by molar-refractivity contribution is 7.10. The minimum absolute atomic E-state index is 0.178. The van der Waals surface area contributed by atoms with Crippen molar-refractivity contribution < 1.29 is 5.11 Å². The van der Waals surface area contributed by atoms with Crippen LogP contribution in [0.15, 0.2) is 29.8 Å². The minimum Gasteiger partial charge on any atom is -0.388 e. The Labute approximate surface area is 118 Å². The van der Waals surface area contributed by atoms with Crippen molar-refractivity contribution in [1.82, 2.24) is 4.57 Å². The van der Waals surface area contributed by atoms with E-state index >= 15 is 0 Å². The van der Waals surface area contributed by atoms with Gasteiger partial charge in [-0.1, -0.05) is 19.9 Å². The van der Waals surface area contributed by atoms with Crippen LogP contribution in [0, 0.1) is 5.41 Å². The van der Waals surface area contributed by atoms with E-state index < -0.39 is 0 Å². The Morgan fingerprint density at radius 1 is 1.42 bits per heavy atom. The van der Waals surface area contributed by atoms with E-state index in [-0.39, 0.29) is 11.5 Å². The molecule has 0 amide bonds. The van der Waals surface area contributed by atoms with Gasteiger partial charge in [0.15, 0.2) is 0 Å². The van der Waals surface area contributed by atoms with E-state index in [4.69, 9.17) is 0 Å². The summed E-state index contributed by atoms with van der Waals surface area (Å²) in [5.41, 5.74) is 2.62. The van der Waals surface area contributed by atoms with Crippen LogP contribution < -0.4 is 0 Å². The SMILES string of the molecule is CC(c1cccs1)n1ccc2c1CC(C)(C)CC2O. The van der Waals surface area contributed by atoms with E-state index in [1.54, 1.807) is 11.3 Å². The Morgan fingerprint density at radius 2 is 2.21 bits per heavy atom.